The molecule has 2 N–H and O–H groups in total. The Balaban J connectivity index is 1.58. The number of rotatable bonds is 7. The molecule has 3 aromatic carbocycles. The summed E-state index contributed by atoms with van der Waals surface area (Å²) in [6.45, 7) is 3.63. The molecule has 0 unspecified atom stereocenters. The monoisotopic (exact) mass is 435 g/mol. The maximum Gasteiger partial charge on any atom is 0.269 e. The number of nitrogens with zero attached hydrogens (tertiary/aromatic N) is 1. The molecule has 0 atom stereocenters. The van der Waals surface area contributed by atoms with Crippen molar-refractivity contribution in [2.45, 2.75) is 18.7 Å². The fraction of sp³-hybridized carbons (Fsp3) is 0.130. The van der Waals surface area contributed by atoms with Gasteiger partial charge in [0, 0.05) is 34.0 Å². The zero-order valence-corrected chi connectivity index (χ0v) is 17.9. The SMILES string of the molecule is Cc1cccc(C(=O)Nc2cccc(SCC(=O)Nc3ccc([N+](=O)[O-])cc3C)c2)c1. The van der Waals surface area contributed by atoms with Gasteiger partial charge >= 0.3 is 0 Å². The lowest BCUT2D eigenvalue weighted by Gasteiger charge is -2.09. The average Bonchev–Trinajstić information content (AvgIpc) is 2.74. The Morgan fingerprint density at radius 3 is 2.45 bits per heavy atom. The highest BCUT2D eigenvalue weighted by Crippen LogP contribution is 2.24. The molecule has 0 spiro atoms. The lowest BCUT2D eigenvalue weighted by Crippen LogP contribution is -2.15. The van der Waals surface area contributed by atoms with Crippen LogP contribution in [-0.4, -0.2) is 22.5 Å². The zero-order chi connectivity index (χ0) is 22.4. The Labute approximate surface area is 184 Å². The van der Waals surface area contributed by atoms with Crippen LogP contribution in [0.2, 0.25) is 0 Å². The van der Waals surface area contributed by atoms with E-state index in [1.807, 2.05) is 43.3 Å². The van der Waals surface area contributed by atoms with Crippen molar-refractivity contribution in [2.24, 2.45) is 0 Å². The molecule has 7 nitrogen and oxygen atoms in total. The van der Waals surface area contributed by atoms with Gasteiger partial charge in [-0.1, -0.05) is 23.8 Å². The first kappa shape index (κ1) is 22.0. The lowest BCUT2D eigenvalue weighted by atomic mass is 10.1. The number of carbonyl (C=O) groups is 2. The van der Waals surface area contributed by atoms with E-state index >= 15 is 0 Å². The van der Waals surface area contributed by atoms with Crippen LogP contribution in [0.5, 0.6) is 0 Å². The van der Waals surface area contributed by atoms with Crippen molar-refractivity contribution in [1.29, 1.82) is 0 Å². The molecule has 0 saturated carbocycles. The molecule has 0 saturated heterocycles. The lowest BCUT2D eigenvalue weighted by molar-refractivity contribution is -0.384. The van der Waals surface area contributed by atoms with Crippen molar-refractivity contribution in [2.75, 3.05) is 16.4 Å². The van der Waals surface area contributed by atoms with Gasteiger partial charge in [-0.05, 0) is 55.8 Å². The van der Waals surface area contributed by atoms with Crippen LogP contribution < -0.4 is 10.6 Å². The number of nitro groups is 1. The van der Waals surface area contributed by atoms with Crippen LogP contribution in [-0.2, 0) is 4.79 Å². The van der Waals surface area contributed by atoms with E-state index < -0.39 is 4.92 Å². The van der Waals surface area contributed by atoms with Crippen LogP contribution in [0.3, 0.4) is 0 Å². The third kappa shape index (κ3) is 6.16. The maximum absolute atomic E-state index is 12.4. The molecule has 0 bridgehead atoms. The fourth-order valence-corrected chi connectivity index (χ4v) is 3.65. The second-order valence-corrected chi connectivity index (χ2v) is 7.99. The molecule has 0 aliphatic heterocycles. The predicted molar refractivity (Wildman–Crippen MR) is 123 cm³/mol. The van der Waals surface area contributed by atoms with Crippen molar-refractivity contribution in [3.63, 3.8) is 0 Å². The maximum atomic E-state index is 12.4. The predicted octanol–water partition coefficient (Wildman–Crippen LogP) is 5.19. The van der Waals surface area contributed by atoms with Gasteiger partial charge in [-0.15, -0.1) is 11.8 Å². The summed E-state index contributed by atoms with van der Waals surface area (Å²) in [6.07, 6.45) is 0. The quantitative estimate of drug-likeness (QED) is 0.302. The molecule has 0 aromatic heterocycles. The van der Waals surface area contributed by atoms with Crippen LogP contribution in [0.15, 0.2) is 71.6 Å². The van der Waals surface area contributed by atoms with Gasteiger partial charge in [-0.25, -0.2) is 0 Å². The number of nitro benzene ring substituents is 1. The number of nitrogens with one attached hydrogen (secondary N) is 2. The van der Waals surface area contributed by atoms with Crippen molar-refractivity contribution in [1.82, 2.24) is 0 Å². The Bertz CT molecular complexity index is 1150. The summed E-state index contributed by atoms with van der Waals surface area (Å²) >= 11 is 1.33. The first-order valence-corrected chi connectivity index (χ1v) is 10.5. The number of hydrogen-bond acceptors (Lipinski definition) is 5. The van der Waals surface area contributed by atoms with E-state index in [2.05, 4.69) is 10.6 Å². The molecule has 8 heteroatoms. The second kappa shape index (κ2) is 9.90. The highest BCUT2D eigenvalue weighted by molar-refractivity contribution is 8.00. The highest BCUT2D eigenvalue weighted by atomic mass is 32.2. The molecule has 3 rings (SSSR count). The van der Waals surface area contributed by atoms with Gasteiger partial charge in [0.15, 0.2) is 0 Å². The molecule has 158 valence electrons. The van der Waals surface area contributed by atoms with Crippen LogP contribution in [0.1, 0.15) is 21.5 Å². The number of thioether (sulfide) groups is 1. The minimum absolute atomic E-state index is 0.0191. The smallest absolute Gasteiger partial charge is 0.269 e. The highest BCUT2D eigenvalue weighted by Gasteiger charge is 2.11. The summed E-state index contributed by atoms with van der Waals surface area (Å²) in [5.74, 6) is -0.264. The van der Waals surface area contributed by atoms with E-state index in [0.29, 0.717) is 22.5 Å². The van der Waals surface area contributed by atoms with Gasteiger partial charge in [0.2, 0.25) is 5.91 Å². The molecule has 2 amide bonds. The van der Waals surface area contributed by atoms with Crippen molar-refractivity contribution in [3.05, 3.63) is 93.5 Å². The molecule has 31 heavy (non-hydrogen) atoms. The van der Waals surface area contributed by atoms with E-state index in [1.54, 1.807) is 19.1 Å². The third-order valence-electron chi connectivity index (χ3n) is 4.44. The van der Waals surface area contributed by atoms with Crippen molar-refractivity contribution >= 4 is 40.6 Å². The topological polar surface area (TPSA) is 101 Å². The van der Waals surface area contributed by atoms with Gasteiger partial charge in [-0.2, -0.15) is 0 Å². The van der Waals surface area contributed by atoms with E-state index in [0.717, 1.165) is 10.5 Å². The number of amides is 2. The van der Waals surface area contributed by atoms with Gasteiger partial charge in [0.05, 0.1) is 10.7 Å². The Morgan fingerprint density at radius 1 is 0.968 bits per heavy atom. The van der Waals surface area contributed by atoms with Crippen LogP contribution in [0, 0.1) is 24.0 Å². The van der Waals surface area contributed by atoms with Crippen molar-refractivity contribution in [3.8, 4) is 0 Å². The largest absolute Gasteiger partial charge is 0.325 e. The first-order valence-electron chi connectivity index (χ1n) is 9.47. The van der Waals surface area contributed by atoms with Crippen LogP contribution in [0.25, 0.3) is 0 Å². The van der Waals surface area contributed by atoms with E-state index in [4.69, 9.17) is 0 Å². The van der Waals surface area contributed by atoms with E-state index in [1.165, 1.54) is 30.0 Å². The number of carbonyl (C=O) groups excluding carboxylic acids is 2. The molecule has 0 radical (unpaired) electrons. The van der Waals surface area contributed by atoms with Gasteiger partial charge in [0.1, 0.15) is 0 Å². The number of aryl methyl sites for hydroxylation is 2. The second-order valence-electron chi connectivity index (χ2n) is 6.94. The van der Waals surface area contributed by atoms with Crippen LogP contribution >= 0.6 is 11.8 Å². The Hall–Kier alpha value is -3.65. The third-order valence-corrected chi connectivity index (χ3v) is 5.43. The molecule has 0 aliphatic rings. The minimum Gasteiger partial charge on any atom is -0.325 e. The molecule has 0 aliphatic carbocycles. The van der Waals surface area contributed by atoms with E-state index in [-0.39, 0.29) is 23.3 Å². The van der Waals surface area contributed by atoms with Gasteiger partial charge < -0.3 is 10.6 Å². The Morgan fingerprint density at radius 2 is 1.74 bits per heavy atom. The summed E-state index contributed by atoms with van der Waals surface area (Å²) in [5.41, 5.74) is 3.36. The normalized spacial score (nSPS) is 10.4. The van der Waals surface area contributed by atoms with Crippen molar-refractivity contribution < 1.29 is 14.5 Å². The van der Waals surface area contributed by atoms with Crippen LogP contribution in [0.4, 0.5) is 17.1 Å². The molecule has 0 fully saturated rings. The first-order chi connectivity index (χ1) is 14.8. The number of benzene rings is 3. The molecular formula is C23H21N3O4S. The number of anilines is 2. The zero-order valence-electron chi connectivity index (χ0n) is 17.0. The number of hydrogen-bond donors (Lipinski definition) is 2. The average molecular weight is 436 g/mol. The van der Waals surface area contributed by atoms with Gasteiger partial charge in [0.25, 0.3) is 11.6 Å². The minimum atomic E-state index is -0.473. The summed E-state index contributed by atoms with van der Waals surface area (Å²) in [7, 11) is 0. The molecule has 0 heterocycles. The summed E-state index contributed by atoms with van der Waals surface area (Å²) in [6, 6.07) is 18.9. The molecule has 3 aromatic rings. The fourth-order valence-electron chi connectivity index (χ4n) is 2.89. The Kier molecular flexibility index (Phi) is 7.04. The molecular weight excluding hydrogens is 414 g/mol. The summed E-state index contributed by atoms with van der Waals surface area (Å²) in [5, 5.41) is 16.5. The standard InChI is InChI=1S/C23H21N3O4S/c1-15-5-3-6-17(11-15)23(28)24-18-7-4-8-20(13-18)31-14-22(27)25-21-10-9-19(26(29)30)12-16(21)2/h3-13H,14H2,1-2H3,(H,24,28)(H,25,27). The summed E-state index contributed by atoms with van der Waals surface area (Å²) in [4.78, 5) is 35.9. The number of non-ortho nitro benzene ring substituents is 1. The van der Waals surface area contributed by atoms with E-state index in [9.17, 15) is 19.7 Å². The van der Waals surface area contributed by atoms with Gasteiger partial charge in [-0.3, -0.25) is 19.7 Å². The summed E-state index contributed by atoms with van der Waals surface area (Å²) < 4.78 is 0.